The van der Waals surface area contributed by atoms with Crippen molar-refractivity contribution >= 4 is 26.7 Å². The zero-order valence-electron chi connectivity index (χ0n) is 15.0. The summed E-state index contributed by atoms with van der Waals surface area (Å²) in [7, 11) is -4.15. The molecule has 12 heteroatoms. The fraction of sp³-hybridized carbons (Fsp3) is 0.111. The van der Waals surface area contributed by atoms with Gasteiger partial charge in [0.2, 0.25) is 10.9 Å². The normalized spacial score (nSPS) is 12.4. The van der Waals surface area contributed by atoms with Crippen LogP contribution in [0.4, 0.5) is 23.2 Å². The van der Waals surface area contributed by atoms with E-state index in [1.807, 2.05) is 0 Å². The summed E-state index contributed by atoms with van der Waals surface area (Å²) in [5.74, 6) is -2.32. The number of rotatable bonds is 4. The number of nitrogens with one attached hydrogen (secondary N) is 1. The SMILES string of the molecule is Cc1c(S(=O)(=O)Nc2ccc(-c3noc(C(F)(F)F)n3)cc2)oc2ccc(F)cc12. The van der Waals surface area contributed by atoms with Gasteiger partial charge in [-0.3, -0.25) is 4.72 Å². The zero-order chi connectivity index (χ0) is 21.7. The molecule has 0 aliphatic carbocycles. The van der Waals surface area contributed by atoms with Gasteiger partial charge >= 0.3 is 12.1 Å². The smallest absolute Gasteiger partial charge is 0.442 e. The second-order valence-corrected chi connectivity index (χ2v) is 7.84. The number of sulfonamides is 1. The molecule has 0 aliphatic rings. The van der Waals surface area contributed by atoms with Gasteiger partial charge in [-0.05, 0) is 49.4 Å². The maximum Gasteiger partial charge on any atom is 0.471 e. The molecule has 0 radical (unpaired) electrons. The second-order valence-electron chi connectivity index (χ2n) is 6.26. The van der Waals surface area contributed by atoms with E-state index in [1.165, 1.54) is 43.3 Å². The number of nitrogens with zero attached hydrogens (tertiary/aromatic N) is 2. The fourth-order valence-corrected chi connectivity index (χ4v) is 4.02. The number of hydrogen-bond donors (Lipinski definition) is 1. The molecule has 0 atom stereocenters. The Hall–Kier alpha value is -3.41. The predicted octanol–water partition coefficient (Wildman–Crippen LogP) is 4.75. The first-order valence-electron chi connectivity index (χ1n) is 8.27. The van der Waals surface area contributed by atoms with Crippen LogP contribution in [0.15, 0.2) is 56.5 Å². The van der Waals surface area contributed by atoms with Crippen molar-refractivity contribution in [2.75, 3.05) is 4.72 Å². The Morgan fingerprint density at radius 1 is 1.07 bits per heavy atom. The predicted molar refractivity (Wildman–Crippen MR) is 96.5 cm³/mol. The quantitative estimate of drug-likeness (QED) is 0.459. The van der Waals surface area contributed by atoms with E-state index in [4.69, 9.17) is 4.42 Å². The van der Waals surface area contributed by atoms with Crippen LogP contribution in [0.2, 0.25) is 0 Å². The molecule has 4 rings (SSSR count). The Bertz CT molecular complexity index is 1340. The lowest BCUT2D eigenvalue weighted by Crippen LogP contribution is -2.13. The molecule has 7 nitrogen and oxygen atoms in total. The van der Waals surface area contributed by atoms with Crippen molar-refractivity contribution in [2.45, 2.75) is 18.2 Å². The van der Waals surface area contributed by atoms with Crippen LogP contribution < -0.4 is 4.72 Å². The number of furan rings is 1. The van der Waals surface area contributed by atoms with Crippen LogP contribution in [0.25, 0.3) is 22.4 Å². The monoisotopic (exact) mass is 441 g/mol. The van der Waals surface area contributed by atoms with Gasteiger partial charge in [0.15, 0.2) is 0 Å². The highest BCUT2D eigenvalue weighted by Crippen LogP contribution is 2.32. The summed E-state index contributed by atoms with van der Waals surface area (Å²) in [6, 6.07) is 8.92. The topological polar surface area (TPSA) is 98.2 Å². The van der Waals surface area contributed by atoms with Gasteiger partial charge < -0.3 is 8.94 Å². The fourth-order valence-electron chi connectivity index (χ4n) is 2.77. The van der Waals surface area contributed by atoms with E-state index >= 15 is 0 Å². The van der Waals surface area contributed by atoms with Gasteiger partial charge in [-0.15, -0.1) is 0 Å². The Balaban J connectivity index is 1.60. The number of anilines is 1. The summed E-state index contributed by atoms with van der Waals surface area (Å²) in [5, 5.41) is 3.20. The summed E-state index contributed by atoms with van der Waals surface area (Å²) < 4.78 is 88.3. The molecule has 2 heterocycles. The molecule has 0 aliphatic heterocycles. The first kappa shape index (κ1) is 19.9. The summed E-state index contributed by atoms with van der Waals surface area (Å²) in [5.41, 5.74) is 0.749. The van der Waals surface area contributed by atoms with Crippen LogP contribution in [-0.4, -0.2) is 18.6 Å². The lowest BCUT2D eigenvalue weighted by Gasteiger charge is -2.07. The highest BCUT2D eigenvalue weighted by atomic mass is 32.2. The minimum Gasteiger partial charge on any atom is -0.442 e. The molecule has 0 fully saturated rings. The number of aromatic nitrogens is 2. The molecule has 2 aromatic carbocycles. The van der Waals surface area contributed by atoms with Crippen molar-refractivity contribution in [3.05, 3.63) is 59.7 Å². The van der Waals surface area contributed by atoms with E-state index in [-0.39, 0.29) is 33.3 Å². The van der Waals surface area contributed by atoms with Crippen molar-refractivity contribution in [3.8, 4) is 11.4 Å². The van der Waals surface area contributed by atoms with E-state index < -0.39 is 27.9 Å². The maximum absolute atomic E-state index is 13.4. The summed E-state index contributed by atoms with van der Waals surface area (Å²) in [6.07, 6.45) is -4.77. The lowest BCUT2D eigenvalue weighted by molar-refractivity contribution is -0.159. The molecule has 30 heavy (non-hydrogen) atoms. The van der Waals surface area contributed by atoms with Crippen molar-refractivity contribution < 1.29 is 34.9 Å². The minimum atomic E-state index is -4.77. The molecule has 0 saturated carbocycles. The van der Waals surface area contributed by atoms with Crippen LogP contribution in [0.1, 0.15) is 11.5 Å². The lowest BCUT2D eigenvalue weighted by atomic mass is 10.2. The number of hydrogen-bond acceptors (Lipinski definition) is 6. The highest BCUT2D eigenvalue weighted by Gasteiger charge is 2.38. The van der Waals surface area contributed by atoms with E-state index in [0.717, 1.165) is 6.07 Å². The van der Waals surface area contributed by atoms with Gasteiger partial charge in [-0.25, -0.2) is 4.39 Å². The number of fused-ring (bicyclic) bond motifs is 1. The van der Waals surface area contributed by atoms with Crippen molar-refractivity contribution in [3.63, 3.8) is 0 Å². The molecule has 1 N–H and O–H groups in total. The number of alkyl halides is 3. The third kappa shape index (κ3) is 3.61. The first-order chi connectivity index (χ1) is 14.0. The highest BCUT2D eigenvalue weighted by molar-refractivity contribution is 7.92. The Morgan fingerprint density at radius 3 is 2.40 bits per heavy atom. The van der Waals surface area contributed by atoms with Crippen molar-refractivity contribution in [2.24, 2.45) is 0 Å². The van der Waals surface area contributed by atoms with E-state index in [0.29, 0.717) is 5.39 Å². The van der Waals surface area contributed by atoms with Gasteiger partial charge in [0.25, 0.3) is 10.0 Å². The molecule has 4 aromatic rings. The van der Waals surface area contributed by atoms with Gasteiger partial charge in [-0.2, -0.15) is 26.6 Å². The number of benzene rings is 2. The van der Waals surface area contributed by atoms with Crippen LogP contribution in [0, 0.1) is 12.7 Å². The third-order valence-corrected chi connectivity index (χ3v) is 5.54. The number of halogens is 4. The van der Waals surface area contributed by atoms with Crippen LogP contribution >= 0.6 is 0 Å². The summed E-state index contributed by atoms with van der Waals surface area (Å²) in [6.45, 7) is 1.48. The van der Waals surface area contributed by atoms with Gasteiger partial charge in [0.1, 0.15) is 11.4 Å². The van der Waals surface area contributed by atoms with E-state index in [1.54, 1.807) is 0 Å². The van der Waals surface area contributed by atoms with Crippen molar-refractivity contribution in [1.82, 2.24) is 10.1 Å². The third-order valence-electron chi connectivity index (χ3n) is 4.16. The number of aryl methyl sites for hydroxylation is 1. The summed E-state index contributed by atoms with van der Waals surface area (Å²) >= 11 is 0. The average Bonchev–Trinajstić information content (AvgIpc) is 3.28. The Morgan fingerprint density at radius 2 is 1.77 bits per heavy atom. The van der Waals surface area contributed by atoms with Gasteiger partial charge in [0.05, 0.1) is 0 Å². The maximum atomic E-state index is 13.4. The minimum absolute atomic E-state index is 0.115. The van der Waals surface area contributed by atoms with E-state index in [9.17, 15) is 26.0 Å². The van der Waals surface area contributed by atoms with Crippen LogP contribution in [0.3, 0.4) is 0 Å². The molecule has 0 bridgehead atoms. The van der Waals surface area contributed by atoms with Gasteiger partial charge in [0, 0.05) is 22.2 Å². The second kappa shape index (κ2) is 6.83. The molecule has 0 spiro atoms. The Labute approximate surface area is 166 Å². The summed E-state index contributed by atoms with van der Waals surface area (Å²) in [4.78, 5) is 3.26. The van der Waals surface area contributed by atoms with E-state index in [2.05, 4.69) is 19.4 Å². The molecule has 156 valence electrons. The standard InChI is InChI=1S/C18H11F4N3O4S/c1-9-13-8-11(19)4-7-14(13)28-16(9)30(26,27)25-12-5-2-10(3-6-12)15-23-17(29-24-15)18(20,21)22/h2-8,25H,1H3. The average molecular weight is 441 g/mol. The largest absolute Gasteiger partial charge is 0.471 e. The molecule has 0 amide bonds. The molecular weight excluding hydrogens is 430 g/mol. The Kier molecular flexibility index (Phi) is 4.53. The van der Waals surface area contributed by atoms with Crippen LogP contribution in [0.5, 0.6) is 0 Å². The zero-order valence-corrected chi connectivity index (χ0v) is 15.8. The molecule has 0 saturated heterocycles. The molecular formula is C18H11F4N3O4S. The van der Waals surface area contributed by atoms with Gasteiger partial charge in [-0.1, -0.05) is 5.16 Å². The molecule has 2 aromatic heterocycles. The molecule has 0 unspecified atom stereocenters. The first-order valence-corrected chi connectivity index (χ1v) is 9.76. The van der Waals surface area contributed by atoms with Crippen LogP contribution in [-0.2, 0) is 16.2 Å². The van der Waals surface area contributed by atoms with Crippen molar-refractivity contribution in [1.29, 1.82) is 0 Å².